The van der Waals surface area contributed by atoms with Crippen molar-refractivity contribution in [2.24, 2.45) is 0 Å². The van der Waals surface area contributed by atoms with Crippen molar-refractivity contribution >= 4 is 17.5 Å². The first-order valence-corrected chi connectivity index (χ1v) is 6.64. The fourth-order valence-corrected chi connectivity index (χ4v) is 2.79. The van der Waals surface area contributed by atoms with Gasteiger partial charge in [-0.25, -0.2) is 0 Å². The van der Waals surface area contributed by atoms with Crippen LogP contribution in [0.5, 0.6) is 5.75 Å². The molecule has 98 valence electrons. The third-order valence-electron chi connectivity index (χ3n) is 3.33. The van der Waals surface area contributed by atoms with E-state index in [1.807, 2.05) is 13.0 Å². The van der Waals surface area contributed by atoms with Gasteiger partial charge in [0.2, 0.25) is 0 Å². The third-order valence-corrected chi connectivity index (χ3v) is 3.61. The zero-order chi connectivity index (χ0) is 13.1. The predicted molar refractivity (Wildman–Crippen MR) is 72.5 cm³/mol. The van der Waals surface area contributed by atoms with Crippen LogP contribution in [-0.4, -0.2) is 19.1 Å². The number of hydrogen-bond donors (Lipinski definition) is 1. The van der Waals surface area contributed by atoms with Crippen LogP contribution in [0.2, 0.25) is 5.02 Å². The fraction of sp³-hybridized carbons (Fsp3) is 0.500. The first-order valence-electron chi connectivity index (χ1n) is 6.27. The minimum absolute atomic E-state index is 0.0932. The molecular formula is C14H18ClNO2. The number of hydrogen-bond acceptors (Lipinski definition) is 2. The van der Waals surface area contributed by atoms with Crippen LogP contribution >= 0.6 is 11.6 Å². The Morgan fingerprint density at radius 1 is 1.39 bits per heavy atom. The van der Waals surface area contributed by atoms with E-state index in [9.17, 15) is 4.79 Å². The second kappa shape index (κ2) is 5.61. The third kappa shape index (κ3) is 2.78. The predicted octanol–water partition coefficient (Wildman–Crippen LogP) is 3.33. The number of methoxy groups -OCH3 is 1. The highest BCUT2D eigenvalue weighted by molar-refractivity contribution is 6.32. The van der Waals surface area contributed by atoms with Crippen LogP contribution in [-0.2, 0) is 0 Å². The zero-order valence-corrected chi connectivity index (χ0v) is 11.5. The highest BCUT2D eigenvalue weighted by Gasteiger charge is 2.21. The van der Waals surface area contributed by atoms with Crippen LogP contribution in [0, 0.1) is 6.92 Å². The minimum atomic E-state index is -0.0932. The topological polar surface area (TPSA) is 38.3 Å². The summed E-state index contributed by atoms with van der Waals surface area (Å²) in [5.74, 6) is 0.363. The smallest absolute Gasteiger partial charge is 0.255 e. The molecule has 0 spiro atoms. The van der Waals surface area contributed by atoms with Crippen molar-refractivity contribution in [2.75, 3.05) is 7.11 Å². The van der Waals surface area contributed by atoms with Gasteiger partial charge in [0.1, 0.15) is 5.75 Å². The summed E-state index contributed by atoms with van der Waals surface area (Å²) in [6, 6.07) is 3.91. The number of nitrogens with one attached hydrogen (secondary N) is 1. The lowest BCUT2D eigenvalue weighted by molar-refractivity contribution is 0.0934. The molecule has 1 aromatic carbocycles. The van der Waals surface area contributed by atoms with E-state index >= 15 is 0 Å². The zero-order valence-electron chi connectivity index (χ0n) is 10.8. The van der Waals surface area contributed by atoms with Crippen molar-refractivity contribution in [3.8, 4) is 5.75 Å². The molecule has 0 saturated heterocycles. The van der Waals surface area contributed by atoms with E-state index in [2.05, 4.69) is 5.32 Å². The van der Waals surface area contributed by atoms with Crippen molar-refractivity contribution in [3.63, 3.8) is 0 Å². The number of aryl methyl sites for hydroxylation is 1. The van der Waals surface area contributed by atoms with Gasteiger partial charge in [-0.3, -0.25) is 4.79 Å². The van der Waals surface area contributed by atoms with Gasteiger partial charge in [0.25, 0.3) is 5.91 Å². The van der Waals surface area contributed by atoms with Gasteiger partial charge in [0.05, 0.1) is 17.7 Å². The van der Waals surface area contributed by atoms with Crippen molar-refractivity contribution in [2.45, 2.75) is 38.6 Å². The highest BCUT2D eigenvalue weighted by atomic mass is 35.5. The van der Waals surface area contributed by atoms with Crippen LogP contribution in [0.15, 0.2) is 12.1 Å². The van der Waals surface area contributed by atoms with E-state index in [0.29, 0.717) is 22.4 Å². The Balaban J connectivity index is 2.22. The van der Waals surface area contributed by atoms with E-state index < -0.39 is 0 Å². The van der Waals surface area contributed by atoms with Gasteiger partial charge in [0.15, 0.2) is 0 Å². The lowest BCUT2D eigenvalue weighted by atomic mass is 10.1. The molecule has 0 radical (unpaired) electrons. The van der Waals surface area contributed by atoms with E-state index in [1.165, 1.54) is 20.0 Å². The van der Waals surface area contributed by atoms with Crippen LogP contribution in [0.1, 0.15) is 41.6 Å². The first kappa shape index (κ1) is 13.2. The van der Waals surface area contributed by atoms with Crippen LogP contribution in [0.25, 0.3) is 0 Å². The molecule has 1 fully saturated rings. The number of benzene rings is 1. The van der Waals surface area contributed by atoms with Crippen LogP contribution in [0.4, 0.5) is 0 Å². The standard InChI is InChI=1S/C14H18ClNO2/c1-9-7-11(13(18-2)12(15)8-9)14(17)16-10-5-3-4-6-10/h7-8,10H,3-6H2,1-2H3,(H,16,17). The average Bonchev–Trinajstić information content (AvgIpc) is 2.80. The number of rotatable bonds is 3. The Kier molecular flexibility index (Phi) is 4.12. The number of carbonyl (C=O) groups is 1. The molecule has 1 aromatic rings. The Morgan fingerprint density at radius 2 is 2.06 bits per heavy atom. The second-order valence-electron chi connectivity index (χ2n) is 4.78. The van der Waals surface area contributed by atoms with Crippen LogP contribution < -0.4 is 10.1 Å². The highest BCUT2D eigenvalue weighted by Crippen LogP contribution is 2.30. The van der Waals surface area contributed by atoms with Gasteiger partial charge in [-0.15, -0.1) is 0 Å². The lowest BCUT2D eigenvalue weighted by Gasteiger charge is -2.15. The lowest BCUT2D eigenvalue weighted by Crippen LogP contribution is -2.32. The van der Waals surface area contributed by atoms with Gasteiger partial charge in [-0.2, -0.15) is 0 Å². The Morgan fingerprint density at radius 3 is 2.67 bits per heavy atom. The van der Waals surface area contributed by atoms with E-state index in [0.717, 1.165) is 18.4 Å². The summed E-state index contributed by atoms with van der Waals surface area (Å²) in [5, 5.41) is 3.53. The second-order valence-corrected chi connectivity index (χ2v) is 5.19. The molecule has 0 aromatic heterocycles. The molecule has 1 saturated carbocycles. The maximum Gasteiger partial charge on any atom is 0.255 e. The summed E-state index contributed by atoms with van der Waals surface area (Å²) >= 11 is 6.09. The van der Waals surface area contributed by atoms with Crippen molar-refractivity contribution in [3.05, 3.63) is 28.3 Å². The van der Waals surface area contributed by atoms with Gasteiger partial charge in [-0.1, -0.05) is 24.4 Å². The Bertz CT molecular complexity index is 453. The molecule has 0 bridgehead atoms. The normalized spacial score (nSPS) is 15.7. The van der Waals surface area contributed by atoms with Crippen LogP contribution in [0.3, 0.4) is 0 Å². The summed E-state index contributed by atoms with van der Waals surface area (Å²) in [4.78, 5) is 12.2. The number of amides is 1. The monoisotopic (exact) mass is 267 g/mol. The molecule has 0 heterocycles. The van der Waals surface area contributed by atoms with Gasteiger partial charge < -0.3 is 10.1 Å². The minimum Gasteiger partial charge on any atom is -0.494 e. The number of halogens is 1. The van der Waals surface area contributed by atoms with Crippen molar-refractivity contribution in [1.29, 1.82) is 0 Å². The molecule has 3 nitrogen and oxygen atoms in total. The summed E-state index contributed by atoms with van der Waals surface area (Å²) in [7, 11) is 1.53. The summed E-state index contributed by atoms with van der Waals surface area (Å²) in [6.07, 6.45) is 4.51. The quantitative estimate of drug-likeness (QED) is 0.912. The van der Waals surface area contributed by atoms with Crippen molar-refractivity contribution in [1.82, 2.24) is 5.32 Å². The molecule has 1 N–H and O–H groups in total. The maximum absolute atomic E-state index is 12.2. The molecule has 1 aliphatic carbocycles. The van der Waals surface area contributed by atoms with E-state index in [-0.39, 0.29) is 5.91 Å². The Hall–Kier alpha value is -1.22. The SMILES string of the molecule is COc1c(Cl)cc(C)cc1C(=O)NC1CCCC1. The summed E-state index contributed by atoms with van der Waals surface area (Å²) < 4.78 is 5.22. The molecule has 2 rings (SSSR count). The molecule has 0 atom stereocenters. The fourth-order valence-electron chi connectivity index (χ4n) is 2.44. The maximum atomic E-state index is 12.2. The Labute approximate surface area is 112 Å². The molecule has 0 unspecified atom stereocenters. The molecule has 18 heavy (non-hydrogen) atoms. The number of ether oxygens (including phenoxy) is 1. The molecule has 1 aliphatic rings. The van der Waals surface area contributed by atoms with E-state index in [1.54, 1.807) is 6.07 Å². The summed E-state index contributed by atoms with van der Waals surface area (Å²) in [5.41, 5.74) is 1.48. The number of carbonyl (C=O) groups excluding carboxylic acids is 1. The molecular weight excluding hydrogens is 250 g/mol. The summed E-state index contributed by atoms with van der Waals surface area (Å²) in [6.45, 7) is 1.91. The molecule has 0 aliphatic heterocycles. The first-order chi connectivity index (χ1) is 8.61. The molecule has 4 heteroatoms. The van der Waals surface area contributed by atoms with E-state index in [4.69, 9.17) is 16.3 Å². The average molecular weight is 268 g/mol. The van der Waals surface area contributed by atoms with Gasteiger partial charge >= 0.3 is 0 Å². The van der Waals surface area contributed by atoms with Gasteiger partial charge in [0, 0.05) is 6.04 Å². The van der Waals surface area contributed by atoms with Gasteiger partial charge in [-0.05, 0) is 37.5 Å². The molecule has 1 amide bonds. The van der Waals surface area contributed by atoms with Crippen molar-refractivity contribution < 1.29 is 9.53 Å². The largest absolute Gasteiger partial charge is 0.494 e.